The second kappa shape index (κ2) is 7.23. The molecule has 2 N–H and O–H groups in total. The van der Waals surface area contributed by atoms with E-state index in [1.165, 1.54) is 11.8 Å². The van der Waals surface area contributed by atoms with Crippen molar-refractivity contribution < 1.29 is 9.59 Å². The Morgan fingerprint density at radius 2 is 2.08 bits per heavy atom. The number of carbonyl (C=O) groups is 2. The Bertz CT molecular complexity index is 821. The Kier molecular flexibility index (Phi) is 5.03. The van der Waals surface area contributed by atoms with Crippen LogP contribution in [0.25, 0.3) is 0 Å². The number of rotatable bonds is 4. The van der Waals surface area contributed by atoms with Crippen LogP contribution in [0.1, 0.15) is 42.4 Å². The van der Waals surface area contributed by atoms with Gasteiger partial charge in [0.2, 0.25) is 11.8 Å². The Balaban J connectivity index is 2.00. The van der Waals surface area contributed by atoms with Crippen molar-refractivity contribution in [2.45, 2.75) is 37.8 Å². The van der Waals surface area contributed by atoms with Crippen molar-refractivity contribution in [2.75, 3.05) is 16.9 Å². The zero-order valence-corrected chi connectivity index (χ0v) is 15.2. The van der Waals surface area contributed by atoms with Gasteiger partial charge in [-0.2, -0.15) is 0 Å². The fraction of sp³-hybridized carbons (Fsp3) is 0.333. The maximum absolute atomic E-state index is 12.2. The largest absolute Gasteiger partial charge is 0.326 e. The highest BCUT2D eigenvalue weighted by atomic mass is 32.2. The van der Waals surface area contributed by atoms with E-state index in [4.69, 9.17) is 0 Å². The van der Waals surface area contributed by atoms with E-state index in [1.54, 1.807) is 19.3 Å². The topological polar surface area (TPSA) is 84.0 Å². The SMILES string of the molecule is CCC(=O)Nc1cc2c(cc1C)C(c1cnc(SC)nc1)CC(=O)N2. The van der Waals surface area contributed by atoms with Crippen molar-refractivity contribution in [3.63, 3.8) is 0 Å². The van der Waals surface area contributed by atoms with Crippen LogP contribution in [0.5, 0.6) is 0 Å². The summed E-state index contributed by atoms with van der Waals surface area (Å²) in [5.41, 5.74) is 4.35. The predicted molar refractivity (Wildman–Crippen MR) is 99.0 cm³/mol. The van der Waals surface area contributed by atoms with Gasteiger partial charge in [-0.1, -0.05) is 24.8 Å². The molecule has 2 amide bonds. The fourth-order valence-corrected chi connectivity index (χ4v) is 3.22. The molecule has 1 aromatic heterocycles. The lowest BCUT2D eigenvalue weighted by molar-refractivity contribution is -0.117. The first-order valence-corrected chi connectivity index (χ1v) is 9.34. The second-order valence-electron chi connectivity index (χ2n) is 5.96. The molecule has 0 bridgehead atoms. The van der Waals surface area contributed by atoms with Crippen molar-refractivity contribution in [3.05, 3.63) is 41.2 Å². The third-order valence-corrected chi connectivity index (χ3v) is 4.84. The maximum atomic E-state index is 12.2. The number of carbonyl (C=O) groups excluding carboxylic acids is 2. The summed E-state index contributed by atoms with van der Waals surface area (Å²) in [5.74, 6) is -0.194. The quantitative estimate of drug-likeness (QED) is 0.648. The summed E-state index contributed by atoms with van der Waals surface area (Å²) in [6, 6.07) is 3.85. The van der Waals surface area contributed by atoms with E-state index in [0.717, 1.165) is 28.1 Å². The van der Waals surface area contributed by atoms with Crippen LogP contribution >= 0.6 is 11.8 Å². The molecule has 0 fully saturated rings. The molecule has 130 valence electrons. The number of hydrogen-bond acceptors (Lipinski definition) is 5. The lowest BCUT2D eigenvalue weighted by Crippen LogP contribution is -2.24. The normalized spacial score (nSPS) is 16.1. The van der Waals surface area contributed by atoms with Crippen molar-refractivity contribution >= 4 is 35.0 Å². The van der Waals surface area contributed by atoms with Crippen LogP contribution in [-0.4, -0.2) is 28.0 Å². The molecule has 0 aliphatic carbocycles. The van der Waals surface area contributed by atoms with E-state index in [-0.39, 0.29) is 17.7 Å². The van der Waals surface area contributed by atoms with Gasteiger partial charge in [0.05, 0.1) is 0 Å². The van der Waals surface area contributed by atoms with Crippen LogP contribution in [0.15, 0.2) is 29.7 Å². The summed E-state index contributed by atoms with van der Waals surface area (Å²) in [7, 11) is 0. The minimum atomic E-state index is -0.0886. The molecule has 3 rings (SSSR count). The second-order valence-corrected chi connectivity index (χ2v) is 6.74. The summed E-state index contributed by atoms with van der Waals surface area (Å²) < 4.78 is 0. The summed E-state index contributed by atoms with van der Waals surface area (Å²) in [6.07, 6.45) is 6.26. The van der Waals surface area contributed by atoms with Crippen molar-refractivity contribution in [2.24, 2.45) is 0 Å². The van der Waals surface area contributed by atoms with Gasteiger partial charge in [0, 0.05) is 42.5 Å². The number of fused-ring (bicyclic) bond motifs is 1. The van der Waals surface area contributed by atoms with E-state index in [9.17, 15) is 9.59 Å². The first kappa shape index (κ1) is 17.4. The van der Waals surface area contributed by atoms with Crippen LogP contribution in [0.3, 0.4) is 0 Å². The molecule has 0 spiro atoms. The summed E-state index contributed by atoms with van der Waals surface area (Å²) in [6.45, 7) is 3.76. The molecule has 2 aromatic rings. The molecule has 25 heavy (non-hydrogen) atoms. The molecule has 0 saturated heterocycles. The smallest absolute Gasteiger partial charge is 0.225 e. The number of aromatic nitrogens is 2. The number of benzene rings is 1. The Hall–Kier alpha value is -2.41. The van der Waals surface area contributed by atoms with Gasteiger partial charge in [0.1, 0.15) is 0 Å². The molecule has 0 saturated carbocycles. The molecule has 1 atom stereocenters. The Labute approximate surface area is 150 Å². The average molecular weight is 356 g/mol. The molecule has 2 heterocycles. The number of amides is 2. The van der Waals surface area contributed by atoms with Gasteiger partial charge in [-0.05, 0) is 35.9 Å². The van der Waals surface area contributed by atoms with Crippen molar-refractivity contribution in [3.8, 4) is 0 Å². The minimum absolute atomic E-state index is 0.0527. The van der Waals surface area contributed by atoms with Crippen LogP contribution in [0.4, 0.5) is 11.4 Å². The van der Waals surface area contributed by atoms with Gasteiger partial charge >= 0.3 is 0 Å². The number of nitrogens with zero attached hydrogens (tertiary/aromatic N) is 2. The highest BCUT2D eigenvalue weighted by Crippen LogP contribution is 2.39. The van der Waals surface area contributed by atoms with Crippen molar-refractivity contribution in [1.29, 1.82) is 0 Å². The zero-order chi connectivity index (χ0) is 18.0. The molecular weight excluding hydrogens is 336 g/mol. The van der Waals surface area contributed by atoms with Gasteiger partial charge in [0.25, 0.3) is 0 Å². The highest BCUT2D eigenvalue weighted by molar-refractivity contribution is 7.98. The molecule has 1 aliphatic heterocycles. The lowest BCUT2D eigenvalue weighted by atomic mass is 9.85. The van der Waals surface area contributed by atoms with Crippen LogP contribution in [0, 0.1) is 6.92 Å². The number of nitrogens with one attached hydrogen (secondary N) is 2. The standard InChI is InChI=1S/C18H20N4O2S/c1-4-16(23)21-14-7-15-13(5-10(14)2)12(6-17(24)22-15)11-8-19-18(25-3)20-9-11/h5,7-9,12H,4,6H2,1-3H3,(H,21,23)(H,22,24). The molecule has 1 unspecified atom stereocenters. The van der Waals surface area contributed by atoms with Crippen LogP contribution in [-0.2, 0) is 9.59 Å². The monoisotopic (exact) mass is 356 g/mol. The number of anilines is 2. The molecule has 1 aromatic carbocycles. The third kappa shape index (κ3) is 3.66. The molecular formula is C18H20N4O2S. The Morgan fingerprint density at radius 1 is 1.36 bits per heavy atom. The first-order chi connectivity index (χ1) is 12.0. The van der Waals surface area contributed by atoms with Crippen LogP contribution < -0.4 is 10.6 Å². The average Bonchev–Trinajstić information content (AvgIpc) is 2.62. The van der Waals surface area contributed by atoms with E-state index in [0.29, 0.717) is 18.0 Å². The van der Waals surface area contributed by atoms with E-state index >= 15 is 0 Å². The van der Waals surface area contributed by atoms with Crippen molar-refractivity contribution in [1.82, 2.24) is 9.97 Å². The molecule has 6 nitrogen and oxygen atoms in total. The zero-order valence-electron chi connectivity index (χ0n) is 14.4. The van der Waals surface area contributed by atoms with E-state index < -0.39 is 0 Å². The van der Waals surface area contributed by atoms with Gasteiger partial charge < -0.3 is 10.6 Å². The number of hydrogen-bond donors (Lipinski definition) is 2. The predicted octanol–water partition coefficient (Wildman–Crippen LogP) is 3.33. The number of thioether (sulfide) groups is 1. The van der Waals surface area contributed by atoms with Gasteiger partial charge in [-0.25, -0.2) is 9.97 Å². The summed E-state index contributed by atoms with van der Waals surface area (Å²) >= 11 is 1.48. The Morgan fingerprint density at radius 3 is 2.72 bits per heavy atom. The maximum Gasteiger partial charge on any atom is 0.225 e. The molecule has 7 heteroatoms. The highest BCUT2D eigenvalue weighted by Gasteiger charge is 2.28. The molecule has 1 aliphatic rings. The van der Waals surface area contributed by atoms with Gasteiger partial charge in [-0.15, -0.1) is 0 Å². The van der Waals surface area contributed by atoms with E-state index in [1.807, 2.05) is 25.3 Å². The van der Waals surface area contributed by atoms with Gasteiger partial charge in [-0.3, -0.25) is 9.59 Å². The number of aryl methyl sites for hydroxylation is 1. The summed E-state index contributed by atoms with van der Waals surface area (Å²) in [4.78, 5) is 32.5. The lowest BCUT2D eigenvalue weighted by Gasteiger charge is -2.27. The third-order valence-electron chi connectivity index (χ3n) is 4.26. The first-order valence-electron chi connectivity index (χ1n) is 8.12. The van der Waals surface area contributed by atoms with Crippen LogP contribution in [0.2, 0.25) is 0 Å². The molecule has 0 radical (unpaired) electrons. The minimum Gasteiger partial charge on any atom is -0.326 e. The van der Waals surface area contributed by atoms with E-state index in [2.05, 4.69) is 20.6 Å². The van der Waals surface area contributed by atoms with Gasteiger partial charge in [0.15, 0.2) is 5.16 Å². The fourth-order valence-electron chi connectivity index (χ4n) is 2.91. The summed E-state index contributed by atoms with van der Waals surface area (Å²) in [5, 5.41) is 6.49.